The fourth-order valence-electron chi connectivity index (χ4n) is 3.33. The van der Waals surface area contributed by atoms with Crippen LogP contribution in [0.2, 0.25) is 5.02 Å². The standard InChI is InChI=1S/C22H24ClN5O3S/c1-13-11-19(29)26-21(24-13)28-18(12-16(27-28)17-5-4-10-32-17)25-20(30)22(2,3)31-15-8-6-14(23)7-9-15/h4-10,12-13,21,24H,11H2,1-3H3,(H,25,30)(H,26,29). The average Bonchev–Trinajstić information content (AvgIpc) is 3.39. The first kappa shape index (κ1) is 22.3. The van der Waals surface area contributed by atoms with Crippen molar-refractivity contribution in [3.05, 3.63) is 52.9 Å². The molecule has 1 fully saturated rings. The van der Waals surface area contributed by atoms with Crippen molar-refractivity contribution in [1.29, 1.82) is 0 Å². The zero-order chi connectivity index (χ0) is 22.9. The maximum Gasteiger partial charge on any atom is 0.269 e. The van der Waals surface area contributed by atoms with Crippen molar-refractivity contribution < 1.29 is 14.3 Å². The normalized spacial score (nSPS) is 18.8. The molecule has 1 saturated heterocycles. The van der Waals surface area contributed by atoms with Gasteiger partial charge in [-0.2, -0.15) is 5.10 Å². The van der Waals surface area contributed by atoms with Gasteiger partial charge >= 0.3 is 0 Å². The molecular formula is C22H24ClN5O3S. The lowest BCUT2D eigenvalue weighted by Gasteiger charge is -2.31. The average molecular weight is 474 g/mol. The van der Waals surface area contributed by atoms with Crippen molar-refractivity contribution in [3.8, 4) is 16.3 Å². The summed E-state index contributed by atoms with van der Waals surface area (Å²) in [6.07, 6.45) is -0.213. The highest BCUT2D eigenvalue weighted by atomic mass is 35.5. The fraction of sp³-hybridized carbons (Fsp3) is 0.318. The lowest BCUT2D eigenvalue weighted by molar-refractivity contribution is -0.128. The van der Waals surface area contributed by atoms with Gasteiger partial charge in [0.2, 0.25) is 5.91 Å². The van der Waals surface area contributed by atoms with Gasteiger partial charge in [0.15, 0.2) is 11.9 Å². The number of hydrogen-bond donors (Lipinski definition) is 3. The molecule has 0 radical (unpaired) electrons. The van der Waals surface area contributed by atoms with E-state index in [2.05, 4.69) is 21.0 Å². The summed E-state index contributed by atoms with van der Waals surface area (Å²) in [4.78, 5) is 26.2. The van der Waals surface area contributed by atoms with Crippen molar-refractivity contribution in [3.63, 3.8) is 0 Å². The summed E-state index contributed by atoms with van der Waals surface area (Å²) in [6, 6.07) is 12.5. The van der Waals surface area contributed by atoms with E-state index in [9.17, 15) is 9.59 Å². The Hall–Kier alpha value is -2.88. The zero-order valence-corrected chi connectivity index (χ0v) is 19.5. The van der Waals surface area contributed by atoms with Crippen LogP contribution in [0.25, 0.3) is 10.6 Å². The van der Waals surface area contributed by atoms with Gasteiger partial charge < -0.3 is 15.4 Å². The maximum absolute atomic E-state index is 13.2. The van der Waals surface area contributed by atoms with E-state index in [1.54, 1.807) is 60.2 Å². The minimum Gasteiger partial charge on any atom is -0.478 e. The van der Waals surface area contributed by atoms with Gasteiger partial charge in [0.1, 0.15) is 17.3 Å². The number of anilines is 1. The number of nitrogens with one attached hydrogen (secondary N) is 3. The van der Waals surface area contributed by atoms with Crippen LogP contribution in [0.15, 0.2) is 47.8 Å². The van der Waals surface area contributed by atoms with E-state index in [1.165, 1.54) is 0 Å². The van der Waals surface area contributed by atoms with Crippen molar-refractivity contribution in [1.82, 2.24) is 20.4 Å². The Morgan fingerprint density at radius 1 is 1.31 bits per heavy atom. The Morgan fingerprint density at radius 2 is 2.06 bits per heavy atom. The van der Waals surface area contributed by atoms with Gasteiger partial charge in [-0.05, 0) is 56.5 Å². The van der Waals surface area contributed by atoms with Gasteiger partial charge in [0, 0.05) is 23.6 Å². The highest BCUT2D eigenvalue weighted by molar-refractivity contribution is 7.13. The molecule has 3 heterocycles. The van der Waals surface area contributed by atoms with Crippen molar-refractivity contribution >= 4 is 40.6 Å². The zero-order valence-electron chi connectivity index (χ0n) is 17.9. The maximum atomic E-state index is 13.2. The number of benzene rings is 1. The molecule has 1 aromatic carbocycles. The van der Waals surface area contributed by atoms with Crippen molar-refractivity contribution in [2.24, 2.45) is 0 Å². The number of hydrogen-bond acceptors (Lipinski definition) is 6. The van der Waals surface area contributed by atoms with E-state index in [4.69, 9.17) is 16.3 Å². The summed E-state index contributed by atoms with van der Waals surface area (Å²) in [5, 5.41) is 16.3. The molecule has 2 amide bonds. The van der Waals surface area contributed by atoms with E-state index in [0.29, 0.717) is 28.7 Å². The van der Waals surface area contributed by atoms with E-state index in [0.717, 1.165) is 4.88 Å². The molecule has 4 rings (SSSR count). The number of rotatable bonds is 6. The number of aromatic nitrogens is 2. The van der Waals surface area contributed by atoms with Gasteiger partial charge in [-0.3, -0.25) is 14.9 Å². The van der Waals surface area contributed by atoms with Crippen LogP contribution in [-0.2, 0) is 9.59 Å². The molecule has 2 unspecified atom stereocenters. The molecule has 8 nitrogen and oxygen atoms in total. The monoisotopic (exact) mass is 473 g/mol. The van der Waals surface area contributed by atoms with Crippen LogP contribution < -0.4 is 20.7 Å². The largest absolute Gasteiger partial charge is 0.478 e. The molecule has 0 aliphatic carbocycles. The van der Waals surface area contributed by atoms with Gasteiger partial charge in [-0.15, -0.1) is 11.3 Å². The molecule has 1 aliphatic heterocycles. The molecule has 2 aromatic heterocycles. The predicted molar refractivity (Wildman–Crippen MR) is 125 cm³/mol. The minimum absolute atomic E-state index is 0.0311. The number of nitrogens with zero attached hydrogens (tertiary/aromatic N) is 2. The first-order valence-corrected chi connectivity index (χ1v) is 11.4. The first-order chi connectivity index (χ1) is 15.2. The Morgan fingerprint density at radius 3 is 2.72 bits per heavy atom. The summed E-state index contributed by atoms with van der Waals surface area (Å²) >= 11 is 7.47. The van der Waals surface area contributed by atoms with Gasteiger partial charge in [0.05, 0.1) is 4.88 Å². The van der Waals surface area contributed by atoms with Crippen LogP contribution in [0.3, 0.4) is 0 Å². The Labute approximate surface area is 194 Å². The molecule has 1 aliphatic rings. The summed E-state index contributed by atoms with van der Waals surface area (Å²) in [6.45, 7) is 5.29. The van der Waals surface area contributed by atoms with Crippen LogP contribution in [0.5, 0.6) is 5.75 Å². The van der Waals surface area contributed by atoms with Crippen LogP contribution in [-0.4, -0.2) is 33.2 Å². The van der Waals surface area contributed by atoms with Crippen LogP contribution in [0.4, 0.5) is 5.82 Å². The van der Waals surface area contributed by atoms with E-state index in [1.807, 2.05) is 24.4 Å². The number of carbonyl (C=O) groups is 2. The molecular weight excluding hydrogens is 450 g/mol. The first-order valence-electron chi connectivity index (χ1n) is 10.2. The third-order valence-electron chi connectivity index (χ3n) is 4.96. The smallest absolute Gasteiger partial charge is 0.269 e. The molecule has 10 heteroatoms. The third-order valence-corrected chi connectivity index (χ3v) is 6.11. The number of amides is 2. The second kappa shape index (κ2) is 8.93. The predicted octanol–water partition coefficient (Wildman–Crippen LogP) is 4.02. The summed E-state index contributed by atoms with van der Waals surface area (Å²) < 4.78 is 7.49. The SMILES string of the molecule is CC1CC(=O)NC(n2nc(-c3cccs3)cc2NC(=O)C(C)(C)Oc2ccc(Cl)cc2)N1. The van der Waals surface area contributed by atoms with Crippen LogP contribution >= 0.6 is 22.9 Å². The Bertz CT molecular complexity index is 1110. The lowest BCUT2D eigenvalue weighted by atomic mass is 10.1. The highest BCUT2D eigenvalue weighted by Crippen LogP contribution is 2.29. The second-order valence-corrected chi connectivity index (χ2v) is 9.48. The Kier molecular flexibility index (Phi) is 6.23. The van der Waals surface area contributed by atoms with E-state index in [-0.39, 0.29) is 17.9 Å². The van der Waals surface area contributed by atoms with E-state index >= 15 is 0 Å². The molecule has 0 saturated carbocycles. The number of carbonyl (C=O) groups excluding carboxylic acids is 2. The summed E-state index contributed by atoms with van der Waals surface area (Å²) in [5.41, 5.74) is -0.483. The molecule has 32 heavy (non-hydrogen) atoms. The van der Waals surface area contributed by atoms with Gasteiger partial charge in [-0.25, -0.2) is 4.68 Å². The molecule has 0 bridgehead atoms. The van der Waals surface area contributed by atoms with Gasteiger partial charge in [-0.1, -0.05) is 17.7 Å². The summed E-state index contributed by atoms with van der Waals surface area (Å²) in [7, 11) is 0. The minimum atomic E-state index is -1.18. The third kappa shape index (κ3) is 4.95. The van der Waals surface area contributed by atoms with Crippen LogP contribution in [0.1, 0.15) is 33.5 Å². The molecule has 168 valence electrons. The molecule has 0 spiro atoms. The van der Waals surface area contributed by atoms with Crippen molar-refractivity contribution in [2.75, 3.05) is 5.32 Å². The summed E-state index contributed by atoms with van der Waals surface area (Å²) in [5.74, 6) is 0.523. The quantitative estimate of drug-likeness (QED) is 0.502. The number of thiophene rings is 1. The lowest BCUT2D eigenvalue weighted by Crippen LogP contribution is -2.52. The highest BCUT2D eigenvalue weighted by Gasteiger charge is 2.33. The molecule has 3 aromatic rings. The fourth-order valence-corrected chi connectivity index (χ4v) is 4.14. The number of ether oxygens (including phenoxy) is 1. The van der Waals surface area contributed by atoms with Crippen LogP contribution in [0, 0.1) is 0 Å². The topological polar surface area (TPSA) is 97.3 Å². The Balaban J connectivity index is 1.60. The molecule has 2 atom stereocenters. The van der Waals surface area contributed by atoms with Crippen molar-refractivity contribution in [2.45, 2.75) is 45.1 Å². The second-order valence-electron chi connectivity index (χ2n) is 8.10. The number of halogens is 1. The molecule has 3 N–H and O–H groups in total. The van der Waals surface area contributed by atoms with Gasteiger partial charge in [0.25, 0.3) is 5.91 Å². The van der Waals surface area contributed by atoms with E-state index < -0.39 is 11.9 Å².